The fourth-order valence-electron chi connectivity index (χ4n) is 2.86. The molecule has 0 aliphatic heterocycles. The van der Waals surface area contributed by atoms with E-state index in [2.05, 4.69) is 23.1 Å². The maximum absolute atomic E-state index is 13.2. The molecule has 0 saturated heterocycles. The van der Waals surface area contributed by atoms with Gasteiger partial charge in [0.1, 0.15) is 5.82 Å². The van der Waals surface area contributed by atoms with Crippen LogP contribution in [0.4, 0.5) is 0 Å². The van der Waals surface area contributed by atoms with Crippen molar-refractivity contribution >= 4 is 28.6 Å². The highest BCUT2D eigenvalue weighted by Crippen LogP contribution is 2.21. The lowest BCUT2D eigenvalue weighted by Gasteiger charge is -2.19. The Morgan fingerprint density at radius 1 is 1.21 bits per heavy atom. The van der Waals surface area contributed by atoms with Crippen molar-refractivity contribution in [3.63, 3.8) is 0 Å². The molecule has 0 aliphatic carbocycles. The average Bonchev–Trinajstić information content (AvgIpc) is 2.72. The molecule has 0 bridgehead atoms. The molecule has 0 fully saturated rings. The molecule has 0 radical (unpaired) electrons. The SMILES string of the molecule is C=CCN(CC=C)C(=O)CSc1nc2ccccc2c(=O)n1-c1cc(C)ccn1. The zero-order chi connectivity index (χ0) is 20.8. The summed E-state index contributed by atoms with van der Waals surface area (Å²) in [5.41, 5.74) is 1.35. The predicted molar refractivity (Wildman–Crippen MR) is 118 cm³/mol. The lowest BCUT2D eigenvalue weighted by Crippen LogP contribution is -2.33. The van der Waals surface area contributed by atoms with Gasteiger partial charge >= 0.3 is 0 Å². The van der Waals surface area contributed by atoms with Crippen molar-refractivity contribution in [3.05, 3.63) is 83.8 Å². The highest BCUT2D eigenvalue weighted by molar-refractivity contribution is 7.99. The predicted octanol–water partition coefficient (Wildman–Crippen LogP) is 3.38. The highest BCUT2D eigenvalue weighted by Gasteiger charge is 2.17. The molecule has 0 unspecified atom stereocenters. The number of para-hydroxylation sites is 1. The van der Waals surface area contributed by atoms with Gasteiger partial charge in [-0.2, -0.15) is 0 Å². The van der Waals surface area contributed by atoms with Crippen LogP contribution >= 0.6 is 11.8 Å². The summed E-state index contributed by atoms with van der Waals surface area (Å²) in [4.78, 5) is 36.4. The number of benzene rings is 1. The van der Waals surface area contributed by atoms with E-state index in [-0.39, 0.29) is 17.2 Å². The van der Waals surface area contributed by atoms with Crippen molar-refractivity contribution in [3.8, 4) is 5.82 Å². The number of aromatic nitrogens is 3. The summed E-state index contributed by atoms with van der Waals surface area (Å²) in [5, 5.41) is 0.934. The molecular formula is C22H22N4O2S. The van der Waals surface area contributed by atoms with E-state index in [9.17, 15) is 9.59 Å². The third-order valence-electron chi connectivity index (χ3n) is 4.25. The number of thioether (sulfide) groups is 1. The summed E-state index contributed by atoms with van der Waals surface area (Å²) in [6, 6.07) is 10.9. The summed E-state index contributed by atoms with van der Waals surface area (Å²) in [6.45, 7) is 10.2. The molecule has 148 valence electrons. The Hall–Kier alpha value is -3.19. The first-order valence-electron chi connectivity index (χ1n) is 9.12. The van der Waals surface area contributed by atoms with Gasteiger partial charge in [-0.3, -0.25) is 9.59 Å². The highest BCUT2D eigenvalue weighted by atomic mass is 32.2. The van der Waals surface area contributed by atoms with Crippen LogP contribution in [0, 0.1) is 6.92 Å². The van der Waals surface area contributed by atoms with Crippen LogP contribution in [-0.4, -0.2) is 44.2 Å². The van der Waals surface area contributed by atoms with Crippen LogP contribution < -0.4 is 5.56 Å². The fraction of sp³-hybridized carbons (Fsp3) is 0.182. The second-order valence-electron chi connectivity index (χ2n) is 6.41. The quantitative estimate of drug-likeness (QED) is 0.326. The van der Waals surface area contributed by atoms with Gasteiger partial charge in [-0.1, -0.05) is 36.0 Å². The number of fused-ring (bicyclic) bond motifs is 1. The number of pyridine rings is 1. The van der Waals surface area contributed by atoms with Crippen molar-refractivity contribution in [1.29, 1.82) is 0 Å². The molecule has 3 rings (SSSR count). The summed E-state index contributed by atoms with van der Waals surface area (Å²) in [5.74, 6) is 0.538. The molecule has 7 heteroatoms. The standard InChI is InChI=1S/C22H22N4O2S/c1-4-12-25(13-5-2)20(27)15-29-22-24-18-9-7-6-8-17(18)21(28)26(22)19-14-16(3)10-11-23-19/h4-11,14H,1-2,12-13,15H2,3H3. The van der Waals surface area contributed by atoms with Crippen LogP contribution in [0.15, 0.2) is 77.9 Å². The second kappa shape index (κ2) is 9.34. The van der Waals surface area contributed by atoms with Crippen LogP contribution in [0.3, 0.4) is 0 Å². The van der Waals surface area contributed by atoms with E-state index in [1.807, 2.05) is 25.1 Å². The van der Waals surface area contributed by atoms with Crippen molar-refractivity contribution in [2.75, 3.05) is 18.8 Å². The van der Waals surface area contributed by atoms with E-state index in [1.165, 1.54) is 16.3 Å². The molecule has 3 aromatic rings. The Balaban J connectivity index is 2.03. The van der Waals surface area contributed by atoms with E-state index < -0.39 is 0 Å². The monoisotopic (exact) mass is 406 g/mol. The smallest absolute Gasteiger partial charge is 0.267 e. The number of carbonyl (C=O) groups is 1. The minimum absolute atomic E-state index is 0.0824. The van der Waals surface area contributed by atoms with Gasteiger partial charge in [0.2, 0.25) is 5.91 Å². The molecule has 2 aromatic heterocycles. The maximum Gasteiger partial charge on any atom is 0.267 e. The number of nitrogens with zero attached hydrogens (tertiary/aromatic N) is 4. The molecule has 0 atom stereocenters. The van der Waals surface area contributed by atoms with Gasteiger partial charge in [-0.25, -0.2) is 14.5 Å². The molecule has 0 saturated carbocycles. The van der Waals surface area contributed by atoms with E-state index in [0.29, 0.717) is 35.0 Å². The number of carbonyl (C=O) groups excluding carboxylic acids is 1. The number of rotatable bonds is 8. The summed E-state index contributed by atoms with van der Waals surface area (Å²) in [6.07, 6.45) is 5.00. The molecule has 0 aliphatic rings. The van der Waals surface area contributed by atoms with Gasteiger partial charge in [0.05, 0.1) is 16.7 Å². The van der Waals surface area contributed by atoms with Gasteiger partial charge in [-0.15, -0.1) is 13.2 Å². The first-order chi connectivity index (χ1) is 14.0. The van der Waals surface area contributed by atoms with Crippen molar-refractivity contribution in [2.24, 2.45) is 0 Å². The van der Waals surface area contributed by atoms with Gasteiger partial charge in [0.25, 0.3) is 5.56 Å². The zero-order valence-corrected chi connectivity index (χ0v) is 17.1. The summed E-state index contributed by atoms with van der Waals surface area (Å²) >= 11 is 1.22. The lowest BCUT2D eigenvalue weighted by molar-refractivity contribution is -0.127. The van der Waals surface area contributed by atoms with E-state index in [0.717, 1.165) is 5.56 Å². The minimum Gasteiger partial charge on any atom is -0.335 e. The molecule has 1 aromatic carbocycles. The van der Waals surface area contributed by atoms with E-state index >= 15 is 0 Å². The van der Waals surface area contributed by atoms with Crippen molar-refractivity contribution in [1.82, 2.24) is 19.4 Å². The third kappa shape index (κ3) is 4.63. The molecule has 29 heavy (non-hydrogen) atoms. The molecule has 0 spiro atoms. The van der Waals surface area contributed by atoms with Crippen LogP contribution in [0.2, 0.25) is 0 Å². The van der Waals surface area contributed by atoms with Crippen molar-refractivity contribution in [2.45, 2.75) is 12.1 Å². The van der Waals surface area contributed by atoms with Gasteiger partial charge in [0, 0.05) is 19.3 Å². The maximum atomic E-state index is 13.2. The summed E-state index contributed by atoms with van der Waals surface area (Å²) < 4.78 is 1.47. The number of aryl methyl sites for hydroxylation is 1. The Morgan fingerprint density at radius 2 is 1.93 bits per heavy atom. The normalized spacial score (nSPS) is 10.7. The molecule has 1 amide bonds. The van der Waals surface area contributed by atoms with Crippen molar-refractivity contribution < 1.29 is 4.79 Å². The van der Waals surface area contributed by atoms with E-state index in [1.54, 1.807) is 41.4 Å². The Kier molecular flexibility index (Phi) is 6.61. The molecule has 2 heterocycles. The number of hydrogen-bond donors (Lipinski definition) is 0. The van der Waals surface area contributed by atoms with Crippen LogP contribution in [-0.2, 0) is 4.79 Å². The third-order valence-corrected chi connectivity index (χ3v) is 5.17. The van der Waals surface area contributed by atoms with E-state index in [4.69, 9.17) is 0 Å². The molecular weight excluding hydrogens is 384 g/mol. The Morgan fingerprint density at radius 3 is 2.62 bits per heavy atom. The first-order valence-corrected chi connectivity index (χ1v) is 10.1. The molecule has 6 nitrogen and oxygen atoms in total. The van der Waals surface area contributed by atoms with Crippen LogP contribution in [0.5, 0.6) is 0 Å². The zero-order valence-electron chi connectivity index (χ0n) is 16.2. The van der Waals surface area contributed by atoms with Gasteiger partial charge < -0.3 is 4.90 Å². The Bertz CT molecular complexity index is 1110. The fourth-order valence-corrected chi connectivity index (χ4v) is 3.76. The first kappa shape index (κ1) is 20.5. The lowest BCUT2D eigenvalue weighted by atomic mass is 10.2. The minimum atomic E-state index is -0.210. The topological polar surface area (TPSA) is 68.1 Å². The second-order valence-corrected chi connectivity index (χ2v) is 7.35. The largest absolute Gasteiger partial charge is 0.335 e. The van der Waals surface area contributed by atoms with Gasteiger partial charge in [-0.05, 0) is 36.8 Å². The molecule has 0 N–H and O–H groups in total. The van der Waals surface area contributed by atoms with Gasteiger partial charge in [0.15, 0.2) is 5.16 Å². The number of hydrogen-bond acceptors (Lipinski definition) is 5. The summed E-state index contributed by atoms with van der Waals surface area (Å²) in [7, 11) is 0. The average molecular weight is 407 g/mol. The Labute approximate surface area is 173 Å². The van der Waals surface area contributed by atoms with Crippen LogP contribution in [0.25, 0.3) is 16.7 Å². The number of amides is 1. The van der Waals surface area contributed by atoms with Crippen LogP contribution in [0.1, 0.15) is 5.56 Å².